The molecular weight excluding hydrogens is 368 g/mol. The fourth-order valence-electron chi connectivity index (χ4n) is 3.55. The molecule has 2 aromatic rings. The molecule has 1 aromatic heterocycles. The summed E-state index contributed by atoms with van der Waals surface area (Å²) in [4.78, 5) is 12.8. The number of aryl methyl sites for hydroxylation is 1. The Hall–Kier alpha value is -1.69. The highest BCUT2D eigenvalue weighted by Crippen LogP contribution is 2.48. The lowest BCUT2D eigenvalue weighted by molar-refractivity contribution is -0.123. The van der Waals surface area contributed by atoms with Gasteiger partial charge in [0.25, 0.3) is 0 Å². The summed E-state index contributed by atoms with van der Waals surface area (Å²) in [5, 5.41) is 11.7. The van der Waals surface area contributed by atoms with E-state index in [1.807, 2.05) is 24.3 Å². The predicted molar refractivity (Wildman–Crippen MR) is 94.5 cm³/mol. The average molecular weight is 389 g/mol. The molecule has 0 atom stereocenters. The standard InChI is InChI=1S/C18H21BrN4O/c19-14-7-5-13(6-8-14)18(9-10-18)17(24)20-12-16-22-21-15-4-2-1-3-11-23(15)16/h5-8H,1-4,9-12H2,(H,20,24). The number of halogens is 1. The fraction of sp³-hybridized carbons (Fsp3) is 0.500. The van der Waals surface area contributed by atoms with Crippen LogP contribution in [0.15, 0.2) is 28.7 Å². The molecule has 0 radical (unpaired) electrons. The number of amides is 1. The highest BCUT2D eigenvalue weighted by atomic mass is 79.9. The van der Waals surface area contributed by atoms with Gasteiger partial charge in [-0.25, -0.2) is 0 Å². The Morgan fingerprint density at radius 1 is 1.17 bits per heavy atom. The van der Waals surface area contributed by atoms with Crippen molar-refractivity contribution in [3.63, 3.8) is 0 Å². The van der Waals surface area contributed by atoms with E-state index < -0.39 is 0 Å². The van der Waals surface area contributed by atoms with Crippen LogP contribution >= 0.6 is 15.9 Å². The number of nitrogens with one attached hydrogen (secondary N) is 1. The molecule has 0 bridgehead atoms. The summed E-state index contributed by atoms with van der Waals surface area (Å²) in [6.07, 6.45) is 6.40. The maximum Gasteiger partial charge on any atom is 0.231 e. The van der Waals surface area contributed by atoms with Crippen LogP contribution in [0, 0.1) is 0 Å². The molecule has 0 saturated heterocycles. The van der Waals surface area contributed by atoms with Crippen LogP contribution < -0.4 is 5.32 Å². The molecule has 1 aliphatic carbocycles. The summed E-state index contributed by atoms with van der Waals surface area (Å²) in [7, 11) is 0. The SMILES string of the molecule is O=C(NCc1nnc2n1CCCCC2)C1(c2ccc(Br)cc2)CC1. The number of hydrogen-bond acceptors (Lipinski definition) is 3. The Morgan fingerprint density at radius 2 is 1.96 bits per heavy atom. The Kier molecular flexibility index (Phi) is 4.16. The third-order valence-corrected chi connectivity index (χ3v) is 5.70. The summed E-state index contributed by atoms with van der Waals surface area (Å²) in [6, 6.07) is 8.09. The summed E-state index contributed by atoms with van der Waals surface area (Å²) < 4.78 is 3.22. The van der Waals surface area contributed by atoms with E-state index in [1.54, 1.807) is 0 Å². The van der Waals surface area contributed by atoms with Crippen LogP contribution in [0.4, 0.5) is 0 Å². The second-order valence-electron chi connectivity index (χ2n) is 6.77. The van der Waals surface area contributed by atoms with Gasteiger partial charge in [0, 0.05) is 17.4 Å². The van der Waals surface area contributed by atoms with E-state index in [2.05, 4.69) is 36.0 Å². The molecular formula is C18H21BrN4O. The zero-order valence-electron chi connectivity index (χ0n) is 13.6. The quantitative estimate of drug-likeness (QED) is 0.874. The number of nitrogens with zero attached hydrogens (tertiary/aromatic N) is 3. The topological polar surface area (TPSA) is 59.8 Å². The number of fused-ring (bicyclic) bond motifs is 1. The molecule has 2 aliphatic rings. The molecule has 4 rings (SSSR count). The number of hydrogen-bond donors (Lipinski definition) is 1. The Morgan fingerprint density at radius 3 is 2.71 bits per heavy atom. The minimum Gasteiger partial charge on any atom is -0.348 e. The molecule has 24 heavy (non-hydrogen) atoms. The monoisotopic (exact) mass is 388 g/mol. The van der Waals surface area contributed by atoms with Crippen molar-refractivity contribution in [2.75, 3.05) is 0 Å². The molecule has 0 spiro atoms. The number of rotatable bonds is 4. The van der Waals surface area contributed by atoms with Crippen LogP contribution in [0.1, 0.15) is 49.3 Å². The predicted octanol–water partition coefficient (Wildman–Crippen LogP) is 3.12. The van der Waals surface area contributed by atoms with Gasteiger partial charge in [0.2, 0.25) is 5.91 Å². The molecule has 6 heteroatoms. The molecule has 0 unspecified atom stereocenters. The van der Waals surface area contributed by atoms with E-state index in [4.69, 9.17) is 0 Å². The number of carbonyl (C=O) groups is 1. The van der Waals surface area contributed by atoms with Gasteiger partial charge in [0.05, 0.1) is 12.0 Å². The first-order valence-corrected chi connectivity index (χ1v) is 9.44. The van der Waals surface area contributed by atoms with Gasteiger partial charge in [-0.3, -0.25) is 4.79 Å². The highest BCUT2D eigenvalue weighted by Gasteiger charge is 2.51. The van der Waals surface area contributed by atoms with Crippen LogP contribution in [0.25, 0.3) is 0 Å². The zero-order chi connectivity index (χ0) is 16.6. The lowest BCUT2D eigenvalue weighted by Gasteiger charge is -2.16. The van der Waals surface area contributed by atoms with E-state index >= 15 is 0 Å². The molecule has 1 N–H and O–H groups in total. The number of benzene rings is 1. The van der Waals surface area contributed by atoms with Gasteiger partial charge in [-0.1, -0.05) is 34.5 Å². The smallest absolute Gasteiger partial charge is 0.231 e. The minimum atomic E-state index is -0.345. The van der Waals surface area contributed by atoms with Gasteiger partial charge in [0.1, 0.15) is 5.82 Å². The van der Waals surface area contributed by atoms with Gasteiger partial charge in [-0.2, -0.15) is 0 Å². The average Bonchev–Trinajstić information content (AvgIpc) is 3.36. The van der Waals surface area contributed by atoms with E-state index in [-0.39, 0.29) is 11.3 Å². The molecule has 126 valence electrons. The Labute approximate surface area is 150 Å². The molecule has 2 heterocycles. The van der Waals surface area contributed by atoms with Crippen LogP contribution in [0.3, 0.4) is 0 Å². The molecule has 1 fully saturated rings. The molecule has 5 nitrogen and oxygen atoms in total. The Bertz CT molecular complexity index is 749. The second-order valence-corrected chi connectivity index (χ2v) is 7.68. The van der Waals surface area contributed by atoms with Crippen molar-refractivity contribution in [1.29, 1.82) is 0 Å². The fourth-order valence-corrected chi connectivity index (χ4v) is 3.81. The number of carbonyl (C=O) groups excluding carboxylic acids is 1. The summed E-state index contributed by atoms with van der Waals surface area (Å²) in [6.45, 7) is 1.43. The van der Waals surface area contributed by atoms with Gasteiger partial charge in [-0.05, 0) is 43.4 Å². The lowest BCUT2D eigenvalue weighted by Crippen LogP contribution is -2.35. The van der Waals surface area contributed by atoms with Crippen molar-refractivity contribution in [1.82, 2.24) is 20.1 Å². The van der Waals surface area contributed by atoms with Crippen molar-refractivity contribution >= 4 is 21.8 Å². The van der Waals surface area contributed by atoms with Crippen LogP contribution in [0.5, 0.6) is 0 Å². The first kappa shape index (κ1) is 15.8. The van der Waals surface area contributed by atoms with Gasteiger partial charge < -0.3 is 9.88 Å². The normalized spacial score (nSPS) is 18.5. The van der Waals surface area contributed by atoms with Crippen LogP contribution in [-0.2, 0) is 29.7 Å². The van der Waals surface area contributed by atoms with E-state index in [9.17, 15) is 4.79 Å². The molecule has 1 amide bonds. The minimum absolute atomic E-state index is 0.107. The van der Waals surface area contributed by atoms with Crippen molar-refractivity contribution < 1.29 is 4.79 Å². The lowest BCUT2D eigenvalue weighted by atomic mass is 9.95. The maximum atomic E-state index is 12.8. The van der Waals surface area contributed by atoms with E-state index in [1.165, 1.54) is 12.8 Å². The largest absolute Gasteiger partial charge is 0.348 e. The molecule has 1 saturated carbocycles. The Balaban J connectivity index is 1.46. The summed E-state index contributed by atoms with van der Waals surface area (Å²) in [5.74, 6) is 2.05. The number of aromatic nitrogens is 3. The second kappa shape index (κ2) is 6.31. The van der Waals surface area contributed by atoms with E-state index in [0.717, 1.165) is 53.9 Å². The van der Waals surface area contributed by atoms with Crippen molar-refractivity contribution in [3.05, 3.63) is 46.0 Å². The van der Waals surface area contributed by atoms with Crippen molar-refractivity contribution in [3.8, 4) is 0 Å². The summed E-state index contributed by atoms with van der Waals surface area (Å²) >= 11 is 3.45. The third kappa shape index (κ3) is 2.88. The van der Waals surface area contributed by atoms with Crippen molar-refractivity contribution in [2.45, 2.75) is 57.0 Å². The van der Waals surface area contributed by atoms with Gasteiger partial charge >= 0.3 is 0 Å². The zero-order valence-corrected chi connectivity index (χ0v) is 15.2. The summed E-state index contributed by atoms with van der Waals surface area (Å²) in [5.41, 5.74) is 0.755. The highest BCUT2D eigenvalue weighted by molar-refractivity contribution is 9.10. The first-order valence-electron chi connectivity index (χ1n) is 8.64. The first-order chi connectivity index (χ1) is 11.7. The van der Waals surface area contributed by atoms with Crippen LogP contribution in [0.2, 0.25) is 0 Å². The van der Waals surface area contributed by atoms with Gasteiger partial charge in [-0.15, -0.1) is 10.2 Å². The maximum absolute atomic E-state index is 12.8. The molecule has 1 aliphatic heterocycles. The van der Waals surface area contributed by atoms with Crippen molar-refractivity contribution in [2.24, 2.45) is 0 Å². The molecule has 1 aromatic carbocycles. The van der Waals surface area contributed by atoms with E-state index in [0.29, 0.717) is 6.54 Å². The third-order valence-electron chi connectivity index (χ3n) is 5.17. The van der Waals surface area contributed by atoms with Crippen LogP contribution in [-0.4, -0.2) is 20.7 Å². The van der Waals surface area contributed by atoms with Gasteiger partial charge in [0.15, 0.2) is 5.82 Å².